The Hall–Kier alpha value is -6.14. The summed E-state index contributed by atoms with van der Waals surface area (Å²) in [7, 11) is 0. The molecule has 4 aromatic heterocycles. The minimum atomic E-state index is 0.541. The smallest absolute Gasteiger partial charge is 0.238 e. The third kappa shape index (κ3) is 3.68. The highest BCUT2D eigenvalue weighted by atomic mass is 15.2. The highest BCUT2D eigenvalue weighted by Gasteiger charge is 2.23. The molecule has 9 rings (SSSR count). The number of pyridine rings is 1. The third-order valence-corrected chi connectivity index (χ3v) is 8.24. The molecule has 5 aromatic carbocycles. The SMILES string of the molecule is c1ccc(-c2nc(-c3ccccc3)nc(-n3c4ccccc4c4nccc(-n5c6ccccc6c6ccccc65)c43)n2)cc1. The summed E-state index contributed by atoms with van der Waals surface area (Å²) in [5.41, 5.74) is 7.92. The minimum absolute atomic E-state index is 0.541. The number of aromatic nitrogens is 6. The molecule has 6 nitrogen and oxygen atoms in total. The Labute approximate surface area is 252 Å². The molecule has 0 radical (unpaired) electrons. The normalized spacial score (nSPS) is 11.6. The molecule has 0 atom stereocenters. The summed E-state index contributed by atoms with van der Waals surface area (Å²) < 4.78 is 4.48. The summed E-state index contributed by atoms with van der Waals surface area (Å²) in [5, 5.41) is 3.44. The fraction of sp³-hybridized carbons (Fsp3) is 0. The van der Waals surface area contributed by atoms with Crippen LogP contribution in [0.4, 0.5) is 0 Å². The van der Waals surface area contributed by atoms with Crippen molar-refractivity contribution in [3.63, 3.8) is 0 Å². The van der Waals surface area contributed by atoms with Crippen LogP contribution in [0.5, 0.6) is 0 Å². The second-order valence-electron chi connectivity index (χ2n) is 10.8. The van der Waals surface area contributed by atoms with Crippen molar-refractivity contribution in [1.82, 2.24) is 29.1 Å². The van der Waals surface area contributed by atoms with E-state index in [-0.39, 0.29) is 0 Å². The summed E-state index contributed by atoms with van der Waals surface area (Å²) in [5.74, 6) is 1.77. The Morgan fingerprint density at radius 3 is 1.45 bits per heavy atom. The predicted molar refractivity (Wildman–Crippen MR) is 177 cm³/mol. The van der Waals surface area contributed by atoms with Gasteiger partial charge in [0.15, 0.2) is 11.6 Å². The van der Waals surface area contributed by atoms with E-state index in [0.717, 1.165) is 49.8 Å². The molecule has 0 spiro atoms. The predicted octanol–water partition coefficient (Wildman–Crippen LogP) is 8.79. The zero-order valence-electron chi connectivity index (χ0n) is 23.5. The van der Waals surface area contributed by atoms with Crippen LogP contribution in [0.1, 0.15) is 0 Å². The number of nitrogens with zero attached hydrogens (tertiary/aromatic N) is 6. The van der Waals surface area contributed by atoms with Crippen LogP contribution in [0.25, 0.3) is 78.2 Å². The highest BCUT2D eigenvalue weighted by Crippen LogP contribution is 2.38. The van der Waals surface area contributed by atoms with Crippen molar-refractivity contribution in [2.75, 3.05) is 0 Å². The maximum absolute atomic E-state index is 5.12. The Balaban J connectivity index is 1.43. The molecule has 0 unspecified atom stereocenters. The zero-order chi connectivity index (χ0) is 29.0. The van der Waals surface area contributed by atoms with E-state index in [4.69, 9.17) is 19.9 Å². The van der Waals surface area contributed by atoms with Gasteiger partial charge in [-0.15, -0.1) is 0 Å². The zero-order valence-corrected chi connectivity index (χ0v) is 23.5. The first-order valence-corrected chi connectivity index (χ1v) is 14.6. The van der Waals surface area contributed by atoms with E-state index in [9.17, 15) is 0 Å². The van der Waals surface area contributed by atoms with Crippen molar-refractivity contribution in [3.8, 4) is 34.4 Å². The first-order chi connectivity index (χ1) is 21.8. The fourth-order valence-electron chi connectivity index (χ4n) is 6.32. The van der Waals surface area contributed by atoms with Crippen LogP contribution < -0.4 is 0 Å². The first kappa shape index (κ1) is 24.5. The summed E-state index contributed by atoms with van der Waals surface area (Å²) in [4.78, 5) is 20.1. The van der Waals surface area contributed by atoms with Crippen LogP contribution in [0.3, 0.4) is 0 Å². The van der Waals surface area contributed by atoms with Crippen molar-refractivity contribution < 1.29 is 0 Å². The second kappa shape index (κ2) is 9.71. The molecule has 0 aliphatic heterocycles. The number of para-hydroxylation sites is 3. The molecular formula is C38H24N6. The lowest BCUT2D eigenvalue weighted by atomic mass is 10.2. The van der Waals surface area contributed by atoms with Gasteiger partial charge in [0.25, 0.3) is 0 Å². The van der Waals surface area contributed by atoms with Crippen LogP contribution in [0.2, 0.25) is 0 Å². The molecule has 4 heterocycles. The molecule has 206 valence electrons. The topological polar surface area (TPSA) is 61.4 Å². The van der Waals surface area contributed by atoms with Gasteiger partial charge in [-0.1, -0.05) is 115 Å². The second-order valence-corrected chi connectivity index (χ2v) is 10.8. The van der Waals surface area contributed by atoms with E-state index in [1.807, 2.05) is 66.9 Å². The maximum Gasteiger partial charge on any atom is 0.238 e. The van der Waals surface area contributed by atoms with Crippen LogP contribution in [-0.4, -0.2) is 29.1 Å². The van der Waals surface area contributed by atoms with E-state index >= 15 is 0 Å². The molecule has 0 bridgehead atoms. The van der Waals surface area contributed by atoms with Crippen LogP contribution >= 0.6 is 0 Å². The van der Waals surface area contributed by atoms with Crippen molar-refractivity contribution in [1.29, 1.82) is 0 Å². The molecule has 0 saturated heterocycles. The lowest BCUT2D eigenvalue weighted by Gasteiger charge is -2.14. The van der Waals surface area contributed by atoms with Crippen molar-refractivity contribution in [2.45, 2.75) is 0 Å². The summed E-state index contributed by atoms with van der Waals surface area (Å²) >= 11 is 0. The number of benzene rings is 5. The molecular weight excluding hydrogens is 540 g/mol. The lowest BCUT2D eigenvalue weighted by Crippen LogP contribution is -2.08. The van der Waals surface area contributed by atoms with Gasteiger partial charge in [0.05, 0.1) is 33.3 Å². The van der Waals surface area contributed by atoms with E-state index in [1.165, 1.54) is 10.8 Å². The summed E-state index contributed by atoms with van der Waals surface area (Å²) in [6, 6.07) is 47.7. The van der Waals surface area contributed by atoms with Crippen molar-refractivity contribution in [3.05, 3.63) is 146 Å². The van der Waals surface area contributed by atoms with Crippen LogP contribution in [-0.2, 0) is 0 Å². The van der Waals surface area contributed by atoms with Gasteiger partial charge in [-0.05, 0) is 24.3 Å². The van der Waals surface area contributed by atoms with E-state index in [2.05, 4.69) is 88.0 Å². The third-order valence-electron chi connectivity index (χ3n) is 8.24. The molecule has 0 N–H and O–H groups in total. The Bertz CT molecular complexity index is 2380. The monoisotopic (exact) mass is 564 g/mol. The summed E-state index contributed by atoms with van der Waals surface area (Å²) in [6.07, 6.45) is 1.90. The fourth-order valence-corrected chi connectivity index (χ4v) is 6.32. The molecule has 0 fully saturated rings. The van der Waals surface area contributed by atoms with E-state index < -0.39 is 0 Å². The van der Waals surface area contributed by atoms with Crippen LogP contribution in [0.15, 0.2) is 146 Å². The molecule has 0 saturated carbocycles. The number of hydrogen-bond donors (Lipinski definition) is 0. The van der Waals surface area contributed by atoms with Gasteiger partial charge in [0, 0.05) is 33.5 Å². The van der Waals surface area contributed by atoms with Gasteiger partial charge in [-0.2, -0.15) is 9.97 Å². The molecule has 0 aliphatic carbocycles. The van der Waals surface area contributed by atoms with E-state index in [1.54, 1.807) is 0 Å². The molecule has 9 aromatic rings. The average molecular weight is 565 g/mol. The Kier molecular flexibility index (Phi) is 5.40. The standard InChI is InChI=1S/C38H24N6/c1-3-13-25(14-4-1)36-40-37(26-15-5-2-6-16-26)42-38(41-36)44-32-22-12-9-19-29(32)34-35(44)33(23-24-39-34)43-30-20-10-7-17-27(30)28-18-8-11-21-31(28)43/h1-24H. The molecule has 6 heteroatoms. The molecule has 44 heavy (non-hydrogen) atoms. The van der Waals surface area contributed by atoms with Gasteiger partial charge in [0.1, 0.15) is 0 Å². The average Bonchev–Trinajstić information content (AvgIpc) is 3.62. The van der Waals surface area contributed by atoms with Gasteiger partial charge in [0.2, 0.25) is 5.95 Å². The summed E-state index contributed by atoms with van der Waals surface area (Å²) in [6.45, 7) is 0. The Morgan fingerprint density at radius 1 is 0.409 bits per heavy atom. The van der Waals surface area contributed by atoms with Crippen LogP contribution in [0, 0.1) is 0 Å². The van der Waals surface area contributed by atoms with Crippen molar-refractivity contribution in [2.24, 2.45) is 0 Å². The number of rotatable bonds is 4. The van der Waals surface area contributed by atoms with Gasteiger partial charge < -0.3 is 4.57 Å². The van der Waals surface area contributed by atoms with Gasteiger partial charge >= 0.3 is 0 Å². The largest absolute Gasteiger partial charge is 0.307 e. The van der Waals surface area contributed by atoms with Gasteiger partial charge in [-0.25, -0.2) is 4.98 Å². The number of fused-ring (bicyclic) bond motifs is 6. The highest BCUT2D eigenvalue weighted by molar-refractivity contribution is 6.13. The minimum Gasteiger partial charge on any atom is -0.307 e. The van der Waals surface area contributed by atoms with Crippen molar-refractivity contribution >= 4 is 43.7 Å². The quantitative estimate of drug-likeness (QED) is 0.214. The molecule has 0 amide bonds. The lowest BCUT2D eigenvalue weighted by molar-refractivity contribution is 0.949. The van der Waals surface area contributed by atoms with E-state index in [0.29, 0.717) is 17.6 Å². The first-order valence-electron chi connectivity index (χ1n) is 14.6. The maximum atomic E-state index is 5.12. The number of hydrogen-bond acceptors (Lipinski definition) is 4. The molecule has 0 aliphatic rings. The van der Waals surface area contributed by atoms with Gasteiger partial charge in [-0.3, -0.25) is 9.55 Å². The Morgan fingerprint density at radius 2 is 0.886 bits per heavy atom.